The molecule has 0 atom stereocenters. The van der Waals surface area contributed by atoms with Gasteiger partial charge in [-0.25, -0.2) is 0 Å². The summed E-state index contributed by atoms with van der Waals surface area (Å²) in [5.41, 5.74) is 6.25. The molecule has 5 rings (SSSR count). The first-order chi connectivity index (χ1) is 15.7. The molecule has 1 aliphatic rings. The highest BCUT2D eigenvalue weighted by molar-refractivity contribution is 5.95. The molecule has 4 aromatic rings. The molecular formula is C28H27N3O. The lowest BCUT2D eigenvalue weighted by Gasteiger charge is -2.33. The molecule has 160 valence electrons. The van der Waals surface area contributed by atoms with Gasteiger partial charge in [0.25, 0.3) is 5.91 Å². The van der Waals surface area contributed by atoms with Crippen LogP contribution < -0.4 is 0 Å². The van der Waals surface area contributed by atoms with E-state index in [1.54, 1.807) is 0 Å². The molecule has 0 saturated carbocycles. The Morgan fingerprint density at radius 1 is 0.812 bits per heavy atom. The molecule has 0 spiro atoms. The largest absolute Gasteiger partial charge is 0.338 e. The standard InChI is InChI=1S/C28H27N3O/c1-21-10-8-9-15-25(21)28(32)30-18-16-24(17-19-30)31-27(23-13-6-3-7-14-23)20-26(29-31)22-11-4-2-5-12-22/h2-15,20,24H,16-19H2,1H3. The molecule has 1 aromatic heterocycles. The monoisotopic (exact) mass is 421 g/mol. The molecule has 3 aromatic carbocycles. The smallest absolute Gasteiger partial charge is 0.254 e. The van der Waals surface area contributed by atoms with Gasteiger partial charge >= 0.3 is 0 Å². The van der Waals surface area contributed by atoms with Crippen LogP contribution in [0.1, 0.15) is 34.8 Å². The van der Waals surface area contributed by atoms with Crippen LogP contribution in [0.25, 0.3) is 22.5 Å². The van der Waals surface area contributed by atoms with Gasteiger partial charge in [0.15, 0.2) is 0 Å². The van der Waals surface area contributed by atoms with Gasteiger partial charge in [-0.15, -0.1) is 0 Å². The van der Waals surface area contributed by atoms with Gasteiger partial charge in [-0.3, -0.25) is 9.48 Å². The van der Waals surface area contributed by atoms with Crippen LogP contribution in [-0.4, -0.2) is 33.7 Å². The van der Waals surface area contributed by atoms with Crippen molar-refractivity contribution >= 4 is 5.91 Å². The minimum atomic E-state index is 0.135. The Bertz CT molecular complexity index is 1210. The second-order valence-corrected chi connectivity index (χ2v) is 8.43. The summed E-state index contributed by atoms with van der Waals surface area (Å²) in [6.07, 6.45) is 1.79. The average Bonchev–Trinajstić information content (AvgIpc) is 3.31. The number of carbonyl (C=O) groups excluding carboxylic acids is 1. The fourth-order valence-electron chi connectivity index (χ4n) is 4.54. The Balaban J connectivity index is 1.41. The first-order valence-electron chi connectivity index (χ1n) is 11.3. The highest BCUT2D eigenvalue weighted by Crippen LogP contribution is 2.32. The van der Waals surface area contributed by atoms with E-state index in [9.17, 15) is 4.79 Å². The lowest BCUT2D eigenvalue weighted by Crippen LogP contribution is -2.39. The number of amides is 1. The van der Waals surface area contributed by atoms with Crippen LogP contribution in [0.2, 0.25) is 0 Å². The van der Waals surface area contributed by atoms with E-state index in [4.69, 9.17) is 5.10 Å². The van der Waals surface area contributed by atoms with Crippen LogP contribution in [0.3, 0.4) is 0 Å². The molecule has 0 N–H and O–H groups in total. The van der Waals surface area contributed by atoms with Crippen molar-refractivity contribution in [3.63, 3.8) is 0 Å². The van der Waals surface area contributed by atoms with Crippen LogP contribution in [0.15, 0.2) is 91.0 Å². The fourth-order valence-corrected chi connectivity index (χ4v) is 4.54. The number of benzene rings is 3. The molecule has 32 heavy (non-hydrogen) atoms. The molecule has 4 nitrogen and oxygen atoms in total. The predicted octanol–water partition coefficient (Wildman–Crippen LogP) is 6.00. The summed E-state index contributed by atoms with van der Waals surface area (Å²) in [7, 11) is 0. The third kappa shape index (κ3) is 3.96. The summed E-state index contributed by atoms with van der Waals surface area (Å²) in [6.45, 7) is 3.49. The summed E-state index contributed by atoms with van der Waals surface area (Å²) in [6, 6.07) is 31.1. The average molecular weight is 422 g/mol. The van der Waals surface area contributed by atoms with Crippen LogP contribution >= 0.6 is 0 Å². The number of rotatable bonds is 4. The lowest BCUT2D eigenvalue weighted by molar-refractivity contribution is 0.0690. The van der Waals surface area contributed by atoms with Crippen molar-refractivity contribution < 1.29 is 4.79 Å². The second kappa shape index (κ2) is 8.83. The molecule has 0 radical (unpaired) electrons. The zero-order valence-electron chi connectivity index (χ0n) is 18.3. The lowest BCUT2D eigenvalue weighted by atomic mass is 10.0. The van der Waals surface area contributed by atoms with Gasteiger partial charge in [-0.1, -0.05) is 78.9 Å². The molecule has 0 unspecified atom stereocenters. The molecule has 1 amide bonds. The second-order valence-electron chi connectivity index (χ2n) is 8.43. The molecule has 1 fully saturated rings. The van der Waals surface area contributed by atoms with E-state index in [-0.39, 0.29) is 11.9 Å². The third-order valence-electron chi connectivity index (χ3n) is 6.35. The summed E-state index contributed by atoms with van der Waals surface area (Å²) in [4.78, 5) is 15.0. The predicted molar refractivity (Wildman–Crippen MR) is 128 cm³/mol. The number of carbonyl (C=O) groups is 1. The SMILES string of the molecule is Cc1ccccc1C(=O)N1CCC(n2nc(-c3ccccc3)cc2-c2ccccc2)CC1. The minimum Gasteiger partial charge on any atom is -0.338 e. The van der Waals surface area contributed by atoms with Gasteiger partial charge in [-0.05, 0) is 43.0 Å². The number of hydrogen-bond acceptors (Lipinski definition) is 2. The van der Waals surface area contributed by atoms with E-state index in [1.807, 2.05) is 60.4 Å². The Morgan fingerprint density at radius 3 is 2.06 bits per heavy atom. The van der Waals surface area contributed by atoms with Gasteiger partial charge < -0.3 is 4.90 Å². The van der Waals surface area contributed by atoms with Crippen LogP contribution in [0.5, 0.6) is 0 Å². The molecule has 0 bridgehead atoms. The number of likely N-dealkylation sites (tertiary alicyclic amines) is 1. The van der Waals surface area contributed by atoms with Crippen molar-refractivity contribution in [1.29, 1.82) is 0 Å². The van der Waals surface area contributed by atoms with Crippen molar-refractivity contribution in [2.75, 3.05) is 13.1 Å². The van der Waals surface area contributed by atoms with Gasteiger partial charge in [0.05, 0.1) is 17.4 Å². The van der Waals surface area contributed by atoms with Gasteiger partial charge in [0.1, 0.15) is 0 Å². The summed E-state index contributed by atoms with van der Waals surface area (Å²) >= 11 is 0. The topological polar surface area (TPSA) is 38.1 Å². The number of hydrogen-bond donors (Lipinski definition) is 0. The van der Waals surface area contributed by atoms with E-state index < -0.39 is 0 Å². The van der Waals surface area contributed by atoms with E-state index in [1.165, 1.54) is 5.56 Å². The highest BCUT2D eigenvalue weighted by Gasteiger charge is 2.27. The van der Waals surface area contributed by atoms with E-state index in [2.05, 4.69) is 47.1 Å². The van der Waals surface area contributed by atoms with Gasteiger partial charge in [0.2, 0.25) is 0 Å². The molecular weight excluding hydrogens is 394 g/mol. The number of aromatic nitrogens is 2. The highest BCUT2D eigenvalue weighted by atomic mass is 16.2. The Kier molecular flexibility index (Phi) is 5.59. The first kappa shape index (κ1) is 20.3. The zero-order valence-corrected chi connectivity index (χ0v) is 18.3. The van der Waals surface area contributed by atoms with Gasteiger partial charge in [-0.2, -0.15) is 5.10 Å². The van der Waals surface area contributed by atoms with Crippen molar-refractivity contribution in [2.45, 2.75) is 25.8 Å². The van der Waals surface area contributed by atoms with Crippen molar-refractivity contribution in [3.8, 4) is 22.5 Å². The Labute approximate surface area is 189 Å². The molecule has 4 heteroatoms. The number of piperidine rings is 1. The van der Waals surface area contributed by atoms with Crippen LogP contribution in [0, 0.1) is 6.92 Å². The fraction of sp³-hybridized carbons (Fsp3) is 0.214. The molecule has 1 aliphatic heterocycles. The Morgan fingerprint density at radius 2 is 1.41 bits per heavy atom. The summed E-state index contributed by atoms with van der Waals surface area (Å²) in [5.74, 6) is 0.135. The van der Waals surface area contributed by atoms with E-state index in [0.29, 0.717) is 0 Å². The maximum atomic E-state index is 13.0. The van der Waals surface area contributed by atoms with Crippen molar-refractivity contribution in [1.82, 2.24) is 14.7 Å². The molecule has 0 aliphatic carbocycles. The van der Waals surface area contributed by atoms with E-state index >= 15 is 0 Å². The molecule has 1 saturated heterocycles. The number of nitrogens with zero attached hydrogens (tertiary/aromatic N) is 3. The normalized spacial score (nSPS) is 14.5. The zero-order chi connectivity index (χ0) is 21.9. The number of aryl methyl sites for hydroxylation is 1. The van der Waals surface area contributed by atoms with Crippen molar-refractivity contribution in [3.05, 3.63) is 102 Å². The molecule has 2 heterocycles. The summed E-state index contributed by atoms with van der Waals surface area (Å²) in [5, 5.41) is 5.04. The van der Waals surface area contributed by atoms with Crippen LogP contribution in [0.4, 0.5) is 0 Å². The third-order valence-corrected chi connectivity index (χ3v) is 6.35. The van der Waals surface area contributed by atoms with Crippen LogP contribution in [-0.2, 0) is 0 Å². The maximum Gasteiger partial charge on any atom is 0.254 e. The summed E-state index contributed by atoms with van der Waals surface area (Å²) < 4.78 is 2.19. The first-order valence-corrected chi connectivity index (χ1v) is 11.3. The quantitative estimate of drug-likeness (QED) is 0.405. The van der Waals surface area contributed by atoms with Crippen molar-refractivity contribution in [2.24, 2.45) is 0 Å². The maximum absolute atomic E-state index is 13.0. The Hall–Kier alpha value is -3.66. The van der Waals surface area contributed by atoms with E-state index in [0.717, 1.165) is 54.0 Å². The minimum absolute atomic E-state index is 0.135. The van der Waals surface area contributed by atoms with Gasteiger partial charge in [0, 0.05) is 24.2 Å².